The number of methoxy groups -OCH3 is 1. The van der Waals surface area contributed by atoms with Crippen LogP contribution in [0.2, 0.25) is 0 Å². The molecule has 0 N–H and O–H groups in total. The van der Waals surface area contributed by atoms with Crippen molar-refractivity contribution in [3.8, 4) is 5.75 Å². The lowest BCUT2D eigenvalue weighted by Crippen LogP contribution is -2.32. The summed E-state index contributed by atoms with van der Waals surface area (Å²) >= 11 is 0. The second-order valence-corrected chi connectivity index (χ2v) is 9.08. The first kappa shape index (κ1) is 22.5. The molecule has 0 spiro atoms. The second-order valence-electron chi connectivity index (χ2n) is 9.08. The number of unbranched alkanes of at least 4 members (excludes halogenated alkanes) is 2. The zero-order chi connectivity index (χ0) is 22.5. The van der Waals surface area contributed by atoms with Crippen LogP contribution in [0.5, 0.6) is 5.75 Å². The van der Waals surface area contributed by atoms with Gasteiger partial charge in [-0.15, -0.1) is 0 Å². The number of ether oxygens (including phenoxy) is 1. The average molecular weight is 435 g/mol. The molecule has 2 heterocycles. The maximum Gasteiger partial charge on any atom is 0.227 e. The number of benzene rings is 2. The maximum atomic E-state index is 12.8. The van der Waals surface area contributed by atoms with Crippen LogP contribution in [0.25, 0.3) is 0 Å². The molecule has 2 aromatic carbocycles. The van der Waals surface area contributed by atoms with Gasteiger partial charge in [0.2, 0.25) is 5.91 Å². The van der Waals surface area contributed by atoms with E-state index in [0.29, 0.717) is 12.8 Å². The summed E-state index contributed by atoms with van der Waals surface area (Å²) in [6.45, 7) is 2.83. The van der Waals surface area contributed by atoms with Crippen molar-refractivity contribution in [1.82, 2.24) is 4.90 Å². The Morgan fingerprint density at radius 3 is 2.66 bits per heavy atom. The first-order chi connectivity index (χ1) is 15.5. The van der Waals surface area contributed by atoms with Crippen LogP contribution >= 0.6 is 0 Å². The normalized spacial score (nSPS) is 14.7. The fourth-order valence-electron chi connectivity index (χ4n) is 4.87. The molecule has 0 radical (unpaired) electrons. The van der Waals surface area contributed by atoms with Gasteiger partial charge in [0, 0.05) is 31.5 Å². The third-order valence-electron chi connectivity index (χ3n) is 6.73. The Bertz CT molecular complexity index is 985. The topological polar surface area (TPSA) is 49.9 Å². The number of amides is 1. The molecule has 0 unspecified atom stereocenters. The van der Waals surface area contributed by atoms with Crippen LogP contribution in [-0.2, 0) is 24.1 Å². The van der Waals surface area contributed by atoms with E-state index in [2.05, 4.69) is 24.1 Å². The number of rotatable bonds is 11. The number of Topliss-reactive ketones (excluding diaryl/α,β-unsaturated/α-hetero) is 1. The van der Waals surface area contributed by atoms with Crippen molar-refractivity contribution in [3.05, 3.63) is 58.7 Å². The fourth-order valence-corrected chi connectivity index (χ4v) is 4.87. The number of hydrogen-bond donors (Lipinski definition) is 0. The molecule has 170 valence electrons. The second kappa shape index (κ2) is 10.3. The van der Waals surface area contributed by atoms with E-state index >= 15 is 0 Å². The molecule has 0 atom stereocenters. The smallest absolute Gasteiger partial charge is 0.227 e. The summed E-state index contributed by atoms with van der Waals surface area (Å²) in [6.07, 6.45) is 6.92. The third kappa shape index (κ3) is 5.21. The molecule has 5 nitrogen and oxygen atoms in total. The monoisotopic (exact) mass is 434 g/mol. The van der Waals surface area contributed by atoms with Crippen molar-refractivity contribution >= 4 is 17.4 Å². The number of anilines is 1. The maximum absolute atomic E-state index is 12.8. The first-order valence-corrected chi connectivity index (χ1v) is 11.9. The summed E-state index contributed by atoms with van der Waals surface area (Å²) in [4.78, 5) is 29.1. The van der Waals surface area contributed by atoms with Crippen LogP contribution in [0, 0.1) is 0 Å². The lowest BCUT2D eigenvalue weighted by molar-refractivity contribution is -0.118. The predicted molar refractivity (Wildman–Crippen MR) is 128 cm³/mol. The highest BCUT2D eigenvalue weighted by atomic mass is 16.5. The van der Waals surface area contributed by atoms with Gasteiger partial charge in [-0.2, -0.15) is 0 Å². The number of aryl methyl sites for hydroxylation is 1. The Morgan fingerprint density at radius 1 is 1.03 bits per heavy atom. The highest BCUT2D eigenvalue weighted by molar-refractivity contribution is 6.02. The number of carbonyl (C=O) groups excluding carboxylic acids is 2. The molecular formula is C27H34N2O3. The molecule has 5 heteroatoms. The van der Waals surface area contributed by atoms with Crippen LogP contribution in [0.3, 0.4) is 0 Å². The Hall–Kier alpha value is -2.66. The SMILES string of the molecule is COc1cccc(CCN(C)CCCCCC(=O)c2cc3c4c(c2)CCN4C(=O)CC3)c1. The van der Waals surface area contributed by atoms with Gasteiger partial charge in [-0.05, 0) is 86.7 Å². The summed E-state index contributed by atoms with van der Waals surface area (Å²) in [6, 6.07) is 12.3. The van der Waals surface area contributed by atoms with E-state index in [4.69, 9.17) is 4.74 Å². The van der Waals surface area contributed by atoms with Gasteiger partial charge in [-0.1, -0.05) is 18.6 Å². The van der Waals surface area contributed by atoms with E-state index in [9.17, 15) is 9.59 Å². The van der Waals surface area contributed by atoms with Gasteiger partial charge in [0.05, 0.1) is 12.8 Å². The molecule has 0 saturated carbocycles. The highest BCUT2D eigenvalue weighted by Gasteiger charge is 2.31. The number of ketones is 1. The van der Waals surface area contributed by atoms with Gasteiger partial charge in [0.1, 0.15) is 5.75 Å². The summed E-state index contributed by atoms with van der Waals surface area (Å²) < 4.78 is 5.29. The summed E-state index contributed by atoms with van der Waals surface area (Å²) in [5.41, 5.74) is 5.58. The molecule has 2 aliphatic heterocycles. The fraction of sp³-hybridized carbons (Fsp3) is 0.481. The summed E-state index contributed by atoms with van der Waals surface area (Å²) in [5, 5.41) is 0. The van der Waals surface area contributed by atoms with Crippen molar-refractivity contribution < 1.29 is 14.3 Å². The molecule has 0 aromatic heterocycles. The van der Waals surface area contributed by atoms with Crippen LogP contribution in [0.15, 0.2) is 36.4 Å². The molecule has 32 heavy (non-hydrogen) atoms. The summed E-state index contributed by atoms with van der Waals surface area (Å²) in [5.74, 6) is 1.38. The van der Waals surface area contributed by atoms with Gasteiger partial charge < -0.3 is 14.5 Å². The van der Waals surface area contributed by atoms with Crippen LogP contribution < -0.4 is 9.64 Å². The highest BCUT2D eigenvalue weighted by Crippen LogP contribution is 2.37. The van der Waals surface area contributed by atoms with Crippen molar-refractivity contribution in [2.45, 2.75) is 51.4 Å². The zero-order valence-corrected chi connectivity index (χ0v) is 19.4. The van der Waals surface area contributed by atoms with Crippen LogP contribution in [0.1, 0.15) is 59.2 Å². The van der Waals surface area contributed by atoms with Crippen molar-refractivity contribution in [2.24, 2.45) is 0 Å². The van der Waals surface area contributed by atoms with Gasteiger partial charge in [0.25, 0.3) is 0 Å². The Balaban J connectivity index is 1.18. The van der Waals surface area contributed by atoms with Crippen molar-refractivity contribution in [2.75, 3.05) is 38.7 Å². The molecular weight excluding hydrogens is 400 g/mol. The molecule has 1 amide bonds. The Morgan fingerprint density at radius 2 is 1.84 bits per heavy atom. The van der Waals surface area contributed by atoms with Gasteiger partial charge in [-0.25, -0.2) is 0 Å². The molecule has 2 aromatic rings. The number of hydrogen-bond acceptors (Lipinski definition) is 4. The van der Waals surface area contributed by atoms with Gasteiger partial charge >= 0.3 is 0 Å². The molecule has 4 rings (SSSR count). The number of carbonyl (C=O) groups is 2. The van der Waals surface area contributed by atoms with Gasteiger partial charge in [0.15, 0.2) is 5.78 Å². The van der Waals surface area contributed by atoms with E-state index in [1.165, 1.54) is 16.7 Å². The molecule has 2 aliphatic rings. The lowest BCUT2D eigenvalue weighted by atomic mass is 9.94. The predicted octanol–water partition coefficient (Wildman–Crippen LogP) is 4.45. The van der Waals surface area contributed by atoms with Crippen LogP contribution in [0.4, 0.5) is 5.69 Å². The van der Waals surface area contributed by atoms with E-state index < -0.39 is 0 Å². The van der Waals surface area contributed by atoms with Gasteiger partial charge in [-0.3, -0.25) is 9.59 Å². The van der Waals surface area contributed by atoms with Crippen LogP contribution in [-0.4, -0.2) is 50.4 Å². The molecule has 0 saturated heterocycles. The molecule has 0 aliphatic carbocycles. The minimum atomic E-state index is 0.226. The Kier molecular flexibility index (Phi) is 7.26. The average Bonchev–Trinajstić information content (AvgIpc) is 3.25. The van der Waals surface area contributed by atoms with E-state index in [-0.39, 0.29) is 11.7 Å². The standard InChI is InChI=1S/C27H34N2O3/c1-28(15-12-20-7-6-8-24(17-20)32-2)14-5-3-4-9-25(30)23-18-21-10-11-26(31)29-16-13-22(19-23)27(21)29/h6-8,17-19H,3-5,9-16H2,1-2H3. The Labute approximate surface area is 191 Å². The van der Waals surface area contributed by atoms with E-state index in [0.717, 1.165) is 75.2 Å². The third-order valence-corrected chi connectivity index (χ3v) is 6.73. The zero-order valence-electron chi connectivity index (χ0n) is 19.4. The van der Waals surface area contributed by atoms with Crippen molar-refractivity contribution in [1.29, 1.82) is 0 Å². The summed E-state index contributed by atoms with van der Waals surface area (Å²) in [7, 11) is 3.86. The first-order valence-electron chi connectivity index (χ1n) is 11.9. The number of likely N-dealkylation sites (N-methyl/N-ethyl adjacent to an activating group) is 1. The largest absolute Gasteiger partial charge is 0.497 e. The van der Waals surface area contributed by atoms with E-state index in [1.807, 2.05) is 29.2 Å². The van der Waals surface area contributed by atoms with Crippen molar-refractivity contribution in [3.63, 3.8) is 0 Å². The van der Waals surface area contributed by atoms with E-state index in [1.54, 1.807) is 7.11 Å². The molecule has 0 fully saturated rings. The minimum absolute atomic E-state index is 0.226. The lowest BCUT2D eigenvalue weighted by Gasteiger charge is -2.25. The molecule has 0 bridgehead atoms. The quantitative estimate of drug-likeness (QED) is 0.387. The number of nitrogens with zero attached hydrogens (tertiary/aromatic N) is 2. The minimum Gasteiger partial charge on any atom is -0.497 e.